The van der Waals surface area contributed by atoms with Crippen LogP contribution in [0.1, 0.15) is 22.4 Å². The molecule has 1 N–H and O–H groups in total. The van der Waals surface area contributed by atoms with Gasteiger partial charge in [-0.2, -0.15) is 0 Å². The van der Waals surface area contributed by atoms with Crippen molar-refractivity contribution in [3.05, 3.63) is 58.5 Å². The summed E-state index contributed by atoms with van der Waals surface area (Å²) in [5.41, 5.74) is 4.51. The van der Waals surface area contributed by atoms with Crippen LogP contribution in [-0.2, 0) is 13.1 Å². The maximum Gasteiger partial charge on any atom is 0.133 e. The lowest BCUT2D eigenvalue weighted by atomic mass is 10.1. The van der Waals surface area contributed by atoms with Crippen molar-refractivity contribution in [2.24, 2.45) is 0 Å². The molecule has 0 radical (unpaired) electrons. The Balaban J connectivity index is 2.29. The maximum atomic E-state index is 13.0. The zero-order valence-corrected chi connectivity index (χ0v) is 13.1. The van der Waals surface area contributed by atoms with Gasteiger partial charge in [-0.25, -0.2) is 9.37 Å². The van der Waals surface area contributed by atoms with Gasteiger partial charge in [-0.05, 0) is 50.2 Å². The van der Waals surface area contributed by atoms with Crippen LogP contribution in [0.5, 0.6) is 0 Å². The minimum absolute atomic E-state index is 0.207. The highest BCUT2D eigenvalue weighted by Gasteiger charge is 2.12. The lowest BCUT2D eigenvalue weighted by Gasteiger charge is -2.23. The summed E-state index contributed by atoms with van der Waals surface area (Å²) in [4.78, 5) is 6.79. The van der Waals surface area contributed by atoms with Gasteiger partial charge in [0, 0.05) is 31.4 Å². The summed E-state index contributed by atoms with van der Waals surface area (Å²) < 4.78 is 13.0. The van der Waals surface area contributed by atoms with E-state index in [1.54, 1.807) is 0 Å². The second-order valence-corrected chi connectivity index (χ2v) is 5.40. The molecule has 0 fully saturated rings. The quantitative estimate of drug-likeness (QED) is 0.915. The number of hydrogen-bond donors (Lipinski definition) is 1. The molecule has 0 aliphatic rings. The van der Waals surface area contributed by atoms with Gasteiger partial charge in [0.1, 0.15) is 11.6 Å². The van der Waals surface area contributed by atoms with E-state index in [2.05, 4.69) is 28.2 Å². The van der Waals surface area contributed by atoms with Crippen LogP contribution in [0.25, 0.3) is 0 Å². The summed E-state index contributed by atoms with van der Waals surface area (Å²) in [5.74, 6) is 0.771. The van der Waals surface area contributed by atoms with E-state index in [1.165, 1.54) is 23.3 Å². The van der Waals surface area contributed by atoms with Crippen LogP contribution in [0.15, 0.2) is 30.3 Å². The second kappa shape index (κ2) is 6.68. The summed E-state index contributed by atoms with van der Waals surface area (Å²) in [6.07, 6.45) is 0. The molecule has 4 heteroatoms. The fraction of sp³-hybridized carbons (Fsp3) is 0.353. The number of aryl methyl sites for hydroxylation is 2. The van der Waals surface area contributed by atoms with Gasteiger partial charge < -0.3 is 10.2 Å². The average Bonchev–Trinajstić information content (AvgIpc) is 2.44. The van der Waals surface area contributed by atoms with Crippen LogP contribution in [0, 0.1) is 19.7 Å². The lowest BCUT2D eigenvalue weighted by molar-refractivity contribution is 0.627. The van der Waals surface area contributed by atoms with Gasteiger partial charge in [-0.3, -0.25) is 0 Å². The number of nitrogens with zero attached hydrogens (tertiary/aromatic N) is 2. The zero-order valence-electron chi connectivity index (χ0n) is 13.1. The first-order chi connectivity index (χ1) is 10.0. The van der Waals surface area contributed by atoms with E-state index in [0.717, 1.165) is 23.6 Å². The van der Waals surface area contributed by atoms with Crippen molar-refractivity contribution < 1.29 is 4.39 Å². The van der Waals surface area contributed by atoms with Gasteiger partial charge in [0.2, 0.25) is 0 Å². The van der Waals surface area contributed by atoms with E-state index in [9.17, 15) is 4.39 Å². The fourth-order valence-corrected chi connectivity index (χ4v) is 2.49. The SMILES string of the molecule is CNCc1c(C)cc(C)nc1N(C)Cc1ccc(F)cc1. The van der Waals surface area contributed by atoms with Crippen LogP contribution in [0.3, 0.4) is 0 Å². The number of benzene rings is 1. The third kappa shape index (κ3) is 3.79. The van der Waals surface area contributed by atoms with Crippen LogP contribution < -0.4 is 10.2 Å². The summed E-state index contributed by atoms with van der Waals surface area (Å²) in [5, 5.41) is 3.19. The molecule has 0 unspecified atom stereocenters. The van der Waals surface area contributed by atoms with Crippen molar-refractivity contribution in [3.63, 3.8) is 0 Å². The normalized spacial score (nSPS) is 10.7. The molecular formula is C17H22FN3. The molecule has 112 valence electrons. The maximum absolute atomic E-state index is 13.0. The van der Waals surface area contributed by atoms with Crippen molar-refractivity contribution in [2.45, 2.75) is 26.9 Å². The van der Waals surface area contributed by atoms with Crippen LogP contribution in [0.2, 0.25) is 0 Å². The summed E-state index contributed by atoms with van der Waals surface area (Å²) in [6.45, 7) is 5.59. The Hall–Kier alpha value is -1.94. The van der Waals surface area contributed by atoms with Crippen LogP contribution in [-0.4, -0.2) is 19.1 Å². The molecule has 1 aromatic carbocycles. The molecule has 0 saturated carbocycles. The minimum Gasteiger partial charge on any atom is -0.355 e. The molecular weight excluding hydrogens is 265 g/mol. The first-order valence-corrected chi connectivity index (χ1v) is 7.08. The second-order valence-electron chi connectivity index (χ2n) is 5.40. The molecule has 2 rings (SSSR count). The number of hydrogen-bond acceptors (Lipinski definition) is 3. The monoisotopic (exact) mass is 287 g/mol. The number of nitrogens with one attached hydrogen (secondary N) is 1. The van der Waals surface area contributed by atoms with E-state index in [0.29, 0.717) is 6.54 Å². The Bertz CT molecular complexity index is 608. The molecule has 2 aromatic rings. The highest BCUT2D eigenvalue weighted by atomic mass is 19.1. The summed E-state index contributed by atoms with van der Waals surface area (Å²) in [7, 11) is 3.95. The molecule has 0 aliphatic carbocycles. The first kappa shape index (κ1) is 15.4. The number of halogens is 1. The van der Waals surface area contributed by atoms with Crippen molar-refractivity contribution in [2.75, 3.05) is 19.0 Å². The highest BCUT2D eigenvalue weighted by Crippen LogP contribution is 2.23. The molecule has 0 saturated heterocycles. The van der Waals surface area contributed by atoms with Gasteiger partial charge in [0.05, 0.1) is 0 Å². The standard InChI is InChI=1S/C17H22FN3/c1-12-9-13(2)20-17(16(12)10-19-3)21(4)11-14-5-7-15(18)8-6-14/h5-9,19H,10-11H2,1-4H3. The van der Waals surface area contributed by atoms with Crippen molar-refractivity contribution in [1.82, 2.24) is 10.3 Å². The Kier molecular flexibility index (Phi) is 4.91. The van der Waals surface area contributed by atoms with Gasteiger partial charge >= 0.3 is 0 Å². The molecule has 0 bridgehead atoms. The molecule has 1 aromatic heterocycles. The smallest absolute Gasteiger partial charge is 0.133 e. The third-order valence-corrected chi connectivity index (χ3v) is 3.50. The topological polar surface area (TPSA) is 28.2 Å². The molecule has 0 spiro atoms. The Morgan fingerprint density at radius 2 is 1.86 bits per heavy atom. The summed E-state index contributed by atoms with van der Waals surface area (Å²) in [6, 6.07) is 8.71. The molecule has 1 heterocycles. The predicted octanol–water partition coefficient (Wildman–Crippen LogP) is 3.19. The summed E-state index contributed by atoms with van der Waals surface area (Å²) >= 11 is 0. The van der Waals surface area contributed by atoms with E-state index in [4.69, 9.17) is 0 Å². The van der Waals surface area contributed by atoms with E-state index >= 15 is 0 Å². The van der Waals surface area contributed by atoms with Gasteiger partial charge in [-0.15, -0.1) is 0 Å². The van der Waals surface area contributed by atoms with E-state index in [1.807, 2.05) is 33.2 Å². The average molecular weight is 287 g/mol. The van der Waals surface area contributed by atoms with Gasteiger partial charge in [0.25, 0.3) is 0 Å². The largest absolute Gasteiger partial charge is 0.355 e. The Morgan fingerprint density at radius 1 is 1.19 bits per heavy atom. The molecule has 21 heavy (non-hydrogen) atoms. The third-order valence-electron chi connectivity index (χ3n) is 3.50. The lowest BCUT2D eigenvalue weighted by Crippen LogP contribution is -2.22. The van der Waals surface area contributed by atoms with Gasteiger partial charge in [0.15, 0.2) is 0 Å². The van der Waals surface area contributed by atoms with Crippen LogP contribution in [0.4, 0.5) is 10.2 Å². The zero-order chi connectivity index (χ0) is 15.4. The Morgan fingerprint density at radius 3 is 2.48 bits per heavy atom. The van der Waals surface area contributed by atoms with Gasteiger partial charge in [-0.1, -0.05) is 12.1 Å². The number of anilines is 1. The predicted molar refractivity (Wildman–Crippen MR) is 85.0 cm³/mol. The molecule has 0 aliphatic heterocycles. The number of pyridine rings is 1. The van der Waals surface area contributed by atoms with Crippen molar-refractivity contribution in [1.29, 1.82) is 0 Å². The molecule has 0 atom stereocenters. The highest BCUT2D eigenvalue weighted by molar-refractivity contribution is 5.51. The van der Waals surface area contributed by atoms with Crippen molar-refractivity contribution in [3.8, 4) is 0 Å². The molecule has 3 nitrogen and oxygen atoms in total. The first-order valence-electron chi connectivity index (χ1n) is 7.08. The van der Waals surface area contributed by atoms with Crippen LogP contribution >= 0.6 is 0 Å². The number of aromatic nitrogens is 1. The fourth-order valence-electron chi connectivity index (χ4n) is 2.49. The van der Waals surface area contributed by atoms with E-state index < -0.39 is 0 Å². The Labute approximate surface area is 125 Å². The van der Waals surface area contributed by atoms with E-state index in [-0.39, 0.29) is 5.82 Å². The van der Waals surface area contributed by atoms with Crippen molar-refractivity contribution >= 4 is 5.82 Å². The molecule has 0 amide bonds. The minimum atomic E-state index is -0.207. The number of rotatable bonds is 5.